The quantitative estimate of drug-likeness (QED) is 0.404. The van der Waals surface area contributed by atoms with E-state index in [0.717, 1.165) is 12.8 Å². The summed E-state index contributed by atoms with van der Waals surface area (Å²) in [6, 6.07) is 0. The summed E-state index contributed by atoms with van der Waals surface area (Å²) in [5, 5.41) is 7.73. The first-order valence-corrected chi connectivity index (χ1v) is 13.0. The highest BCUT2D eigenvalue weighted by Crippen LogP contribution is 2.44. The fraction of sp³-hybridized carbons (Fsp3) is 0.524. The topological polar surface area (TPSA) is 156 Å². The number of nitrogens with zero attached hydrogens (tertiary/aromatic N) is 7. The molecule has 1 aliphatic rings. The fourth-order valence-corrected chi connectivity index (χ4v) is 5.30. The van der Waals surface area contributed by atoms with Crippen LogP contribution in [0.2, 0.25) is 5.02 Å². The highest BCUT2D eigenvalue weighted by Gasteiger charge is 2.38. The highest BCUT2D eigenvalue weighted by atomic mass is 35.5. The predicted octanol–water partition coefficient (Wildman–Crippen LogP) is 2.55. The van der Waals surface area contributed by atoms with E-state index in [2.05, 4.69) is 41.8 Å². The molecule has 1 saturated carbocycles. The van der Waals surface area contributed by atoms with Crippen LogP contribution in [-0.2, 0) is 14.8 Å². The minimum atomic E-state index is -4.10. The monoisotopic (exact) mass is 538 g/mol. The van der Waals surface area contributed by atoms with Crippen molar-refractivity contribution < 1.29 is 22.6 Å². The Kier molecular flexibility index (Phi) is 7.57. The van der Waals surface area contributed by atoms with E-state index >= 15 is 0 Å². The molecule has 4 atom stereocenters. The third-order valence-corrected chi connectivity index (χ3v) is 8.19. The van der Waals surface area contributed by atoms with Crippen LogP contribution in [0.25, 0.3) is 5.69 Å². The lowest BCUT2D eigenvalue weighted by molar-refractivity contribution is 0.0950. The van der Waals surface area contributed by atoms with Crippen molar-refractivity contribution in [2.45, 2.75) is 44.0 Å². The standard InChI is InChI=1S/C21H27ClN8O5S/c1-11-6-7-14(11)18-27-28-21(30(18)15-19(34-4)25-10-26-20(15)35-5)29-36(31,32)12(2)16(33-3)17-23-8-13(22)9-24-17/h8-12,14,16H,6-7H2,1-5H3,(H,28,29)/t11-,12-,14-,16-/m0/s1. The molecule has 3 aromatic heterocycles. The Bertz CT molecular complexity index is 1300. The van der Waals surface area contributed by atoms with Gasteiger partial charge in [-0.25, -0.2) is 18.4 Å². The summed E-state index contributed by atoms with van der Waals surface area (Å²) in [5.74, 6) is 1.39. The molecule has 1 N–H and O–H groups in total. The molecule has 0 saturated heterocycles. The van der Waals surface area contributed by atoms with Crippen LogP contribution in [0.15, 0.2) is 18.7 Å². The number of hydrogen-bond acceptors (Lipinski definition) is 11. The molecule has 4 rings (SSSR count). The molecule has 0 amide bonds. The third-order valence-electron chi connectivity index (χ3n) is 6.30. The lowest BCUT2D eigenvalue weighted by atomic mass is 9.74. The van der Waals surface area contributed by atoms with E-state index in [9.17, 15) is 8.42 Å². The van der Waals surface area contributed by atoms with E-state index in [4.69, 9.17) is 25.8 Å². The van der Waals surface area contributed by atoms with Gasteiger partial charge in [0.05, 0.1) is 19.2 Å². The predicted molar refractivity (Wildman–Crippen MR) is 130 cm³/mol. The normalized spacial score (nSPS) is 19.3. The molecule has 0 aliphatic heterocycles. The molecule has 36 heavy (non-hydrogen) atoms. The molecule has 0 spiro atoms. The van der Waals surface area contributed by atoms with Gasteiger partial charge in [0.2, 0.25) is 27.7 Å². The fourth-order valence-electron chi connectivity index (χ4n) is 4.07. The number of rotatable bonds is 10. The average molecular weight is 539 g/mol. The molecule has 13 nitrogen and oxygen atoms in total. The van der Waals surface area contributed by atoms with Gasteiger partial charge < -0.3 is 14.2 Å². The molecular weight excluding hydrogens is 512 g/mol. The SMILES string of the molecule is COc1ncnc(OC)c1-n1c(NS(=O)(=O)[C@@H](C)[C@H](OC)c2ncc(Cl)cn2)nnc1[C@H]1CC[C@@H]1C. The number of hydrogen-bond donors (Lipinski definition) is 1. The molecule has 0 aromatic carbocycles. The lowest BCUT2D eigenvalue weighted by Crippen LogP contribution is -2.33. The van der Waals surface area contributed by atoms with Crippen LogP contribution in [-0.4, -0.2) is 69.7 Å². The van der Waals surface area contributed by atoms with Crippen molar-refractivity contribution in [3.63, 3.8) is 0 Å². The van der Waals surface area contributed by atoms with Gasteiger partial charge >= 0.3 is 0 Å². The van der Waals surface area contributed by atoms with Gasteiger partial charge in [-0.05, 0) is 25.7 Å². The van der Waals surface area contributed by atoms with Gasteiger partial charge in [0, 0.05) is 25.4 Å². The Balaban J connectivity index is 1.78. The number of halogens is 1. The van der Waals surface area contributed by atoms with E-state index in [0.29, 0.717) is 16.8 Å². The van der Waals surface area contributed by atoms with Crippen LogP contribution in [0.1, 0.15) is 50.4 Å². The number of anilines is 1. The second-order valence-corrected chi connectivity index (χ2v) is 10.9. The minimum Gasteiger partial charge on any atom is -0.479 e. The maximum absolute atomic E-state index is 13.5. The zero-order chi connectivity index (χ0) is 26.0. The van der Waals surface area contributed by atoms with E-state index < -0.39 is 21.4 Å². The first-order valence-electron chi connectivity index (χ1n) is 11.1. The highest BCUT2D eigenvalue weighted by molar-refractivity contribution is 7.93. The second-order valence-electron chi connectivity index (χ2n) is 8.39. The van der Waals surface area contributed by atoms with Crippen LogP contribution in [0.3, 0.4) is 0 Å². The number of methoxy groups -OCH3 is 3. The molecule has 0 radical (unpaired) electrons. The van der Waals surface area contributed by atoms with Gasteiger partial charge in [0.25, 0.3) is 0 Å². The van der Waals surface area contributed by atoms with E-state index in [-0.39, 0.29) is 35.1 Å². The largest absolute Gasteiger partial charge is 0.479 e. The molecule has 0 unspecified atom stereocenters. The number of aromatic nitrogens is 7. The second kappa shape index (κ2) is 10.5. The first-order chi connectivity index (χ1) is 17.2. The van der Waals surface area contributed by atoms with Crippen LogP contribution >= 0.6 is 11.6 Å². The van der Waals surface area contributed by atoms with Crippen molar-refractivity contribution in [1.82, 2.24) is 34.7 Å². The number of ether oxygens (including phenoxy) is 3. The molecule has 1 fully saturated rings. The number of sulfonamides is 1. The van der Waals surface area contributed by atoms with Crippen molar-refractivity contribution in [3.8, 4) is 17.4 Å². The molecule has 3 heterocycles. The van der Waals surface area contributed by atoms with Crippen LogP contribution in [0.5, 0.6) is 11.8 Å². The van der Waals surface area contributed by atoms with Gasteiger partial charge in [0.1, 0.15) is 23.5 Å². The summed E-state index contributed by atoms with van der Waals surface area (Å²) in [6.07, 6.45) is 4.95. The summed E-state index contributed by atoms with van der Waals surface area (Å²) < 4.78 is 47.5. The number of nitrogens with one attached hydrogen (secondary N) is 1. The molecule has 0 bridgehead atoms. The Morgan fingerprint density at radius 3 is 2.19 bits per heavy atom. The van der Waals surface area contributed by atoms with Gasteiger partial charge in [-0.15, -0.1) is 10.2 Å². The zero-order valence-corrected chi connectivity index (χ0v) is 22.0. The zero-order valence-electron chi connectivity index (χ0n) is 20.4. The Morgan fingerprint density at radius 1 is 1.06 bits per heavy atom. The first kappa shape index (κ1) is 26.0. The van der Waals surface area contributed by atoms with Gasteiger partial charge in [0.15, 0.2) is 11.5 Å². The summed E-state index contributed by atoms with van der Waals surface area (Å²) in [6.45, 7) is 3.58. The van der Waals surface area contributed by atoms with Gasteiger partial charge in [-0.2, -0.15) is 9.97 Å². The van der Waals surface area contributed by atoms with Crippen molar-refractivity contribution in [3.05, 3.63) is 35.4 Å². The van der Waals surface area contributed by atoms with Gasteiger partial charge in [-0.1, -0.05) is 18.5 Å². The van der Waals surface area contributed by atoms with Crippen LogP contribution in [0.4, 0.5) is 5.95 Å². The summed E-state index contributed by atoms with van der Waals surface area (Å²) in [5.41, 5.74) is 0.288. The summed E-state index contributed by atoms with van der Waals surface area (Å²) in [4.78, 5) is 16.6. The maximum Gasteiger partial charge on any atom is 0.245 e. The van der Waals surface area contributed by atoms with E-state index in [1.54, 1.807) is 4.57 Å². The molecule has 3 aromatic rings. The lowest BCUT2D eigenvalue weighted by Gasteiger charge is -2.33. The third kappa shape index (κ3) is 4.80. The molecule has 15 heteroatoms. The average Bonchev–Trinajstić information content (AvgIpc) is 3.24. The van der Waals surface area contributed by atoms with Crippen molar-refractivity contribution >= 4 is 27.6 Å². The van der Waals surface area contributed by atoms with Gasteiger partial charge in [-0.3, -0.25) is 9.29 Å². The summed E-state index contributed by atoms with van der Waals surface area (Å²) in [7, 11) is 0.172. The van der Waals surface area contributed by atoms with Crippen LogP contribution < -0.4 is 14.2 Å². The van der Waals surface area contributed by atoms with E-state index in [1.165, 1.54) is 47.0 Å². The Hall–Kier alpha value is -3.10. The smallest absolute Gasteiger partial charge is 0.245 e. The van der Waals surface area contributed by atoms with Crippen LogP contribution in [0, 0.1) is 5.92 Å². The molecule has 1 aliphatic carbocycles. The molecular formula is C21H27ClN8O5S. The van der Waals surface area contributed by atoms with Crippen molar-refractivity contribution in [1.29, 1.82) is 0 Å². The van der Waals surface area contributed by atoms with Crippen molar-refractivity contribution in [2.75, 3.05) is 26.1 Å². The molecule has 194 valence electrons. The minimum absolute atomic E-state index is 0.0528. The Morgan fingerprint density at radius 2 is 1.69 bits per heavy atom. The Labute approximate surface area is 213 Å². The maximum atomic E-state index is 13.5. The van der Waals surface area contributed by atoms with Crippen molar-refractivity contribution in [2.24, 2.45) is 5.92 Å². The summed E-state index contributed by atoms with van der Waals surface area (Å²) >= 11 is 5.87. The van der Waals surface area contributed by atoms with E-state index in [1.807, 2.05) is 0 Å².